The quantitative estimate of drug-likeness (QED) is 0.668. The number of nitrogens with zero attached hydrogens (tertiary/aromatic N) is 3. The zero-order valence-corrected chi connectivity index (χ0v) is 17.0. The van der Waals surface area contributed by atoms with E-state index >= 15 is 0 Å². The summed E-state index contributed by atoms with van der Waals surface area (Å²) in [5.74, 6) is 0.417. The minimum absolute atomic E-state index is 0.0821. The number of rotatable bonds is 6. The van der Waals surface area contributed by atoms with Crippen LogP contribution in [-0.2, 0) is 4.79 Å². The van der Waals surface area contributed by atoms with Gasteiger partial charge in [0.05, 0.1) is 23.5 Å². The summed E-state index contributed by atoms with van der Waals surface area (Å²) in [7, 11) is 0. The summed E-state index contributed by atoms with van der Waals surface area (Å²) in [4.78, 5) is 28.6. The van der Waals surface area contributed by atoms with Gasteiger partial charge in [-0.25, -0.2) is 9.67 Å². The molecule has 29 heavy (non-hydrogen) atoms. The molecular weight excluding hydrogens is 366 g/mol. The van der Waals surface area contributed by atoms with E-state index in [1.807, 2.05) is 63.2 Å². The molecule has 0 aliphatic heterocycles. The van der Waals surface area contributed by atoms with Gasteiger partial charge in [-0.2, -0.15) is 5.10 Å². The van der Waals surface area contributed by atoms with Gasteiger partial charge < -0.3 is 10.6 Å². The van der Waals surface area contributed by atoms with Crippen molar-refractivity contribution in [2.45, 2.75) is 39.7 Å². The molecule has 1 aromatic carbocycles. The minimum atomic E-state index is -0.241. The molecule has 7 nitrogen and oxygen atoms in total. The van der Waals surface area contributed by atoms with Gasteiger partial charge in [-0.3, -0.25) is 9.59 Å². The van der Waals surface area contributed by atoms with Crippen molar-refractivity contribution in [2.75, 3.05) is 5.32 Å². The van der Waals surface area contributed by atoms with Crippen LogP contribution < -0.4 is 10.6 Å². The Labute approximate surface area is 170 Å². The van der Waals surface area contributed by atoms with Gasteiger partial charge in [0.2, 0.25) is 5.91 Å². The third kappa shape index (κ3) is 4.68. The number of carbonyl (C=O) groups excluding carboxylic acids is 2. The summed E-state index contributed by atoms with van der Waals surface area (Å²) in [6.07, 6.45) is 3.28. The number of nitrogens with one attached hydrogen (secondary N) is 2. The highest BCUT2D eigenvalue weighted by Gasteiger charge is 2.22. The molecule has 0 aliphatic rings. The first kappa shape index (κ1) is 20.3. The highest BCUT2D eigenvalue weighted by atomic mass is 16.2. The fourth-order valence-electron chi connectivity index (χ4n) is 3.20. The summed E-state index contributed by atoms with van der Waals surface area (Å²) in [5, 5.41) is 10.2. The first-order valence-electron chi connectivity index (χ1n) is 9.54. The zero-order chi connectivity index (χ0) is 21.0. The standard InChI is InChI=1S/C22H25N5O2/c1-14(2)21-19(13-24-27(21)20-10-5-6-11-23-20)22(29)25-15(3)17-8-7-9-18(12-17)26-16(4)28/h5-15H,1-4H3,(H,25,29)(H,26,28)/t15-/m1/s1. The van der Waals surface area contributed by atoms with Crippen LogP contribution in [0.1, 0.15) is 61.3 Å². The molecule has 0 radical (unpaired) electrons. The second-order valence-electron chi connectivity index (χ2n) is 7.20. The van der Waals surface area contributed by atoms with Crippen molar-refractivity contribution in [1.82, 2.24) is 20.1 Å². The fourth-order valence-corrected chi connectivity index (χ4v) is 3.20. The number of hydrogen-bond acceptors (Lipinski definition) is 4. The molecule has 0 bridgehead atoms. The highest BCUT2D eigenvalue weighted by molar-refractivity contribution is 5.95. The number of benzene rings is 1. The second-order valence-corrected chi connectivity index (χ2v) is 7.20. The molecule has 0 unspecified atom stereocenters. The molecule has 0 saturated carbocycles. The molecule has 2 aromatic heterocycles. The summed E-state index contributed by atoms with van der Waals surface area (Å²) >= 11 is 0. The molecule has 0 spiro atoms. The van der Waals surface area contributed by atoms with E-state index in [2.05, 4.69) is 20.7 Å². The van der Waals surface area contributed by atoms with E-state index in [0.717, 1.165) is 11.3 Å². The Kier molecular flexibility index (Phi) is 6.07. The van der Waals surface area contributed by atoms with E-state index in [1.165, 1.54) is 6.92 Å². The lowest BCUT2D eigenvalue weighted by Gasteiger charge is -2.17. The van der Waals surface area contributed by atoms with Gasteiger partial charge in [0.15, 0.2) is 5.82 Å². The predicted octanol–water partition coefficient (Wildman–Crippen LogP) is 3.84. The molecule has 2 heterocycles. The molecule has 150 valence electrons. The van der Waals surface area contributed by atoms with Crippen molar-refractivity contribution in [3.63, 3.8) is 0 Å². The third-order valence-corrected chi connectivity index (χ3v) is 4.52. The van der Waals surface area contributed by atoms with Gasteiger partial charge in [-0.1, -0.05) is 32.0 Å². The predicted molar refractivity (Wildman–Crippen MR) is 112 cm³/mol. The SMILES string of the molecule is CC(=O)Nc1cccc([C@@H](C)NC(=O)c2cnn(-c3ccccn3)c2C(C)C)c1. The van der Waals surface area contributed by atoms with E-state index < -0.39 is 0 Å². The summed E-state index contributed by atoms with van der Waals surface area (Å²) in [6, 6.07) is 12.8. The molecule has 2 N–H and O–H groups in total. The van der Waals surface area contributed by atoms with Crippen LogP contribution in [0.25, 0.3) is 5.82 Å². The van der Waals surface area contributed by atoms with E-state index in [9.17, 15) is 9.59 Å². The molecule has 3 aromatic rings. The fraction of sp³-hybridized carbons (Fsp3) is 0.273. The van der Waals surface area contributed by atoms with Crippen LogP contribution in [0.5, 0.6) is 0 Å². The Morgan fingerprint density at radius 1 is 1.07 bits per heavy atom. The maximum absolute atomic E-state index is 13.0. The summed E-state index contributed by atoms with van der Waals surface area (Å²) < 4.78 is 1.71. The second kappa shape index (κ2) is 8.68. The van der Waals surface area contributed by atoms with E-state index in [1.54, 1.807) is 17.1 Å². The average molecular weight is 391 g/mol. The van der Waals surface area contributed by atoms with Crippen LogP contribution in [-0.4, -0.2) is 26.6 Å². The molecule has 0 aliphatic carbocycles. The lowest BCUT2D eigenvalue weighted by molar-refractivity contribution is -0.114. The van der Waals surface area contributed by atoms with Crippen LogP contribution in [0.15, 0.2) is 54.9 Å². The molecule has 3 rings (SSSR count). The number of amides is 2. The van der Waals surface area contributed by atoms with Crippen molar-refractivity contribution >= 4 is 17.5 Å². The van der Waals surface area contributed by atoms with Gasteiger partial charge in [0.1, 0.15) is 0 Å². The van der Waals surface area contributed by atoms with Gasteiger partial charge in [0.25, 0.3) is 5.91 Å². The zero-order valence-electron chi connectivity index (χ0n) is 17.0. The van der Waals surface area contributed by atoms with Gasteiger partial charge in [0, 0.05) is 18.8 Å². The molecule has 7 heteroatoms. The van der Waals surface area contributed by atoms with Gasteiger partial charge in [-0.05, 0) is 42.7 Å². The maximum atomic E-state index is 13.0. The normalized spacial score (nSPS) is 11.9. The molecular formula is C22H25N5O2. The average Bonchev–Trinajstić information content (AvgIpc) is 3.14. The Morgan fingerprint density at radius 2 is 1.86 bits per heavy atom. The summed E-state index contributed by atoms with van der Waals surface area (Å²) in [6.45, 7) is 7.41. The first-order valence-corrected chi connectivity index (χ1v) is 9.54. The maximum Gasteiger partial charge on any atom is 0.255 e. The smallest absolute Gasteiger partial charge is 0.255 e. The monoisotopic (exact) mass is 391 g/mol. The number of hydrogen-bond donors (Lipinski definition) is 2. The molecule has 2 amide bonds. The van der Waals surface area contributed by atoms with Crippen LogP contribution in [0, 0.1) is 0 Å². The van der Waals surface area contributed by atoms with Crippen LogP contribution in [0.4, 0.5) is 5.69 Å². The molecule has 0 fully saturated rings. The van der Waals surface area contributed by atoms with Crippen LogP contribution in [0.3, 0.4) is 0 Å². The van der Waals surface area contributed by atoms with Crippen LogP contribution >= 0.6 is 0 Å². The lowest BCUT2D eigenvalue weighted by Crippen LogP contribution is -2.27. The Bertz CT molecular complexity index is 1010. The topological polar surface area (TPSA) is 88.9 Å². The number of carbonyl (C=O) groups is 2. The first-order chi connectivity index (χ1) is 13.9. The van der Waals surface area contributed by atoms with Gasteiger partial charge in [-0.15, -0.1) is 0 Å². The van der Waals surface area contributed by atoms with Crippen molar-refractivity contribution in [1.29, 1.82) is 0 Å². The van der Waals surface area contributed by atoms with Crippen molar-refractivity contribution in [3.05, 3.63) is 71.7 Å². The number of aromatic nitrogens is 3. The Balaban J connectivity index is 1.84. The Morgan fingerprint density at radius 3 is 2.52 bits per heavy atom. The van der Waals surface area contributed by atoms with Gasteiger partial charge >= 0.3 is 0 Å². The lowest BCUT2D eigenvalue weighted by atomic mass is 10.0. The Hall–Kier alpha value is -3.48. The number of anilines is 1. The number of pyridine rings is 1. The largest absolute Gasteiger partial charge is 0.345 e. The van der Waals surface area contributed by atoms with Crippen molar-refractivity contribution < 1.29 is 9.59 Å². The van der Waals surface area contributed by atoms with Crippen LogP contribution in [0.2, 0.25) is 0 Å². The van der Waals surface area contributed by atoms with E-state index in [4.69, 9.17) is 0 Å². The molecule has 1 atom stereocenters. The van der Waals surface area contributed by atoms with Crippen molar-refractivity contribution in [2.24, 2.45) is 0 Å². The minimum Gasteiger partial charge on any atom is -0.345 e. The third-order valence-electron chi connectivity index (χ3n) is 4.52. The van der Waals surface area contributed by atoms with E-state index in [0.29, 0.717) is 17.1 Å². The van der Waals surface area contributed by atoms with E-state index in [-0.39, 0.29) is 23.8 Å². The highest BCUT2D eigenvalue weighted by Crippen LogP contribution is 2.24. The summed E-state index contributed by atoms with van der Waals surface area (Å²) in [5.41, 5.74) is 2.92. The molecule has 0 saturated heterocycles. The van der Waals surface area contributed by atoms with Crippen molar-refractivity contribution in [3.8, 4) is 5.82 Å².